The van der Waals surface area contributed by atoms with Crippen molar-refractivity contribution in [2.45, 2.75) is 25.8 Å². The van der Waals surface area contributed by atoms with E-state index in [1.807, 2.05) is 0 Å². The molecule has 1 N–H and O–H groups in total. The summed E-state index contributed by atoms with van der Waals surface area (Å²) in [4.78, 5) is 5.12. The van der Waals surface area contributed by atoms with Gasteiger partial charge < -0.3 is 5.32 Å². The second-order valence-corrected chi connectivity index (χ2v) is 5.27. The van der Waals surface area contributed by atoms with Gasteiger partial charge in [0, 0.05) is 23.2 Å². The van der Waals surface area contributed by atoms with Crippen LogP contribution in [0.4, 0.5) is 8.78 Å². The van der Waals surface area contributed by atoms with Crippen LogP contribution in [-0.4, -0.2) is 11.5 Å². The van der Waals surface area contributed by atoms with Gasteiger partial charge in [-0.25, -0.2) is 8.78 Å². The van der Waals surface area contributed by atoms with Crippen LogP contribution in [0.15, 0.2) is 29.9 Å². The summed E-state index contributed by atoms with van der Waals surface area (Å²) in [6, 6.07) is 3.75. The van der Waals surface area contributed by atoms with Crippen LogP contribution in [0, 0.1) is 11.6 Å². The second-order valence-electron chi connectivity index (χ2n) is 4.35. The molecule has 19 heavy (non-hydrogen) atoms. The zero-order valence-corrected chi connectivity index (χ0v) is 11.5. The Labute approximate surface area is 115 Å². The molecule has 0 aliphatic heterocycles. The van der Waals surface area contributed by atoms with Crippen LogP contribution in [0.2, 0.25) is 0 Å². The lowest BCUT2D eigenvalue weighted by Gasteiger charge is -2.17. The minimum atomic E-state index is -0.544. The number of nitrogens with one attached hydrogen (secondary N) is 1. The van der Waals surface area contributed by atoms with Gasteiger partial charge in [0.05, 0.1) is 5.51 Å². The number of hydrogen-bond donors (Lipinski definition) is 1. The summed E-state index contributed by atoms with van der Waals surface area (Å²) in [6.45, 7) is 2.93. The first-order valence-electron chi connectivity index (χ1n) is 6.26. The Morgan fingerprint density at radius 3 is 2.84 bits per heavy atom. The van der Waals surface area contributed by atoms with Crippen molar-refractivity contribution < 1.29 is 8.78 Å². The molecule has 0 aliphatic rings. The Morgan fingerprint density at radius 1 is 1.37 bits per heavy atom. The predicted molar refractivity (Wildman–Crippen MR) is 73.2 cm³/mol. The number of rotatable bonds is 6. The van der Waals surface area contributed by atoms with Crippen molar-refractivity contribution in [3.63, 3.8) is 0 Å². The molecular formula is C14H16F2N2S. The highest BCUT2D eigenvalue weighted by Crippen LogP contribution is 2.23. The number of aromatic nitrogens is 1. The van der Waals surface area contributed by atoms with Gasteiger partial charge in [-0.3, -0.25) is 4.98 Å². The minimum absolute atomic E-state index is 0.0208. The number of hydrogen-bond acceptors (Lipinski definition) is 3. The Balaban J connectivity index is 2.15. The summed E-state index contributed by atoms with van der Waals surface area (Å²) < 4.78 is 26.6. The molecular weight excluding hydrogens is 266 g/mol. The largest absolute Gasteiger partial charge is 0.309 e. The van der Waals surface area contributed by atoms with Gasteiger partial charge in [-0.15, -0.1) is 11.3 Å². The van der Waals surface area contributed by atoms with Crippen molar-refractivity contribution in [2.24, 2.45) is 0 Å². The molecule has 0 amide bonds. The van der Waals surface area contributed by atoms with Crippen LogP contribution in [-0.2, 0) is 6.42 Å². The van der Waals surface area contributed by atoms with Gasteiger partial charge in [-0.2, -0.15) is 0 Å². The first-order valence-corrected chi connectivity index (χ1v) is 7.14. The Bertz CT molecular complexity index is 514. The number of nitrogens with zero attached hydrogens (tertiary/aromatic N) is 1. The summed E-state index contributed by atoms with van der Waals surface area (Å²) in [7, 11) is 0. The fraction of sp³-hybridized carbons (Fsp3) is 0.357. The van der Waals surface area contributed by atoms with E-state index in [9.17, 15) is 8.78 Å². The number of halogens is 2. The predicted octanol–water partition coefficient (Wildman–Crippen LogP) is 3.70. The molecule has 2 aromatic rings. The molecule has 0 fully saturated rings. The smallest absolute Gasteiger partial charge is 0.129 e. The standard InChI is InChI=1S/C14H16F2N2S/c1-2-5-18-13(14-8-17-9-19-14)6-10-3-4-11(15)7-12(10)16/h3-4,7-9,13,18H,2,5-6H2,1H3. The second kappa shape index (κ2) is 6.73. The first kappa shape index (κ1) is 14.1. The van der Waals surface area contributed by atoms with Gasteiger partial charge in [-0.1, -0.05) is 13.0 Å². The van der Waals surface area contributed by atoms with Crippen molar-refractivity contribution in [3.8, 4) is 0 Å². The van der Waals surface area contributed by atoms with E-state index in [-0.39, 0.29) is 6.04 Å². The Hall–Kier alpha value is -1.33. The topological polar surface area (TPSA) is 24.9 Å². The average Bonchev–Trinajstić information content (AvgIpc) is 2.90. The molecule has 0 bridgehead atoms. The Morgan fingerprint density at radius 2 is 2.21 bits per heavy atom. The summed E-state index contributed by atoms with van der Waals surface area (Å²) in [5.74, 6) is -1.04. The van der Waals surface area contributed by atoms with Crippen LogP contribution in [0.5, 0.6) is 0 Å². The normalized spacial score (nSPS) is 12.6. The summed E-state index contributed by atoms with van der Waals surface area (Å²) in [6.07, 6.45) is 3.29. The van der Waals surface area contributed by atoms with Crippen LogP contribution < -0.4 is 5.32 Å². The van der Waals surface area contributed by atoms with Gasteiger partial charge in [0.25, 0.3) is 0 Å². The summed E-state index contributed by atoms with van der Waals surface area (Å²) in [5, 5.41) is 3.37. The van der Waals surface area contributed by atoms with Crippen LogP contribution >= 0.6 is 11.3 Å². The maximum atomic E-state index is 13.7. The summed E-state index contributed by atoms with van der Waals surface area (Å²) >= 11 is 1.54. The zero-order chi connectivity index (χ0) is 13.7. The third kappa shape index (κ3) is 3.81. The van der Waals surface area contributed by atoms with Gasteiger partial charge in [0.15, 0.2) is 0 Å². The molecule has 5 heteroatoms. The van der Waals surface area contributed by atoms with Crippen molar-refractivity contribution in [2.75, 3.05) is 6.54 Å². The van der Waals surface area contributed by atoms with E-state index in [4.69, 9.17) is 0 Å². The zero-order valence-electron chi connectivity index (χ0n) is 10.7. The van der Waals surface area contributed by atoms with Gasteiger partial charge in [0.1, 0.15) is 11.6 Å². The fourth-order valence-corrected chi connectivity index (χ4v) is 2.59. The van der Waals surface area contributed by atoms with E-state index >= 15 is 0 Å². The van der Waals surface area contributed by atoms with Crippen LogP contribution in [0.3, 0.4) is 0 Å². The molecule has 0 saturated carbocycles. The lowest BCUT2D eigenvalue weighted by molar-refractivity contribution is 0.513. The van der Waals surface area contributed by atoms with Gasteiger partial charge >= 0.3 is 0 Å². The van der Waals surface area contributed by atoms with Gasteiger partial charge in [0.2, 0.25) is 0 Å². The quantitative estimate of drug-likeness (QED) is 0.873. The third-order valence-corrected chi connectivity index (χ3v) is 3.76. The third-order valence-electron chi connectivity index (χ3n) is 2.87. The SMILES string of the molecule is CCCNC(Cc1ccc(F)cc1F)c1cncs1. The highest BCUT2D eigenvalue weighted by Gasteiger charge is 2.15. The molecule has 0 radical (unpaired) electrons. The van der Waals surface area contributed by atoms with E-state index in [1.165, 1.54) is 23.5 Å². The molecule has 2 nitrogen and oxygen atoms in total. The monoisotopic (exact) mass is 282 g/mol. The lowest BCUT2D eigenvalue weighted by Crippen LogP contribution is -2.23. The molecule has 1 unspecified atom stereocenters. The molecule has 102 valence electrons. The molecule has 1 atom stereocenters. The summed E-state index contributed by atoms with van der Waals surface area (Å²) in [5.41, 5.74) is 2.28. The molecule has 1 heterocycles. The maximum absolute atomic E-state index is 13.7. The molecule has 2 rings (SSSR count). The molecule has 1 aromatic heterocycles. The van der Waals surface area contributed by atoms with E-state index in [0.29, 0.717) is 12.0 Å². The maximum Gasteiger partial charge on any atom is 0.129 e. The molecule has 0 saturated heterocycles. The van der Waals surface area contributed by atoms with E-state index in [0.717, 1.165) is 23.9 Å². The average molecular weight is 282 g/mol. The van der Waals surface area contributed by atoms with E-state index in [2.05, 4.69) is 17.2 Å². The Kier molecular flexibility index (Phi) is 4.99. The molecule has 0 aliphatic carbocycles. The van der Waals surface area contributed by atoms with Gasteiger partial charge in [-0.05, 0) is 31.0 Å². The number of thiazole rings is 1. The lowest BCUT2D eigenvalue weighted by atomic mass is 10.0. The fourth-order valence-electron chi connectivity index (χ4n) is 1.90. The highest BCUT2D eigenvalue weighted by molar-refractivity contribution is 7.09. The molecule has 1 aromatic carbocycles. The van der Waals surface area contributed by atoms with Crippen LogP contribution in [0.1, 0.15) is 29.8 Å². The van der Waals surface area contributed by atoms with Crippen LogP contribution in [0.25, 0.3) is 0 Å². The minimum Gasteiger partial charge on any atom is -0.309 e. The molecule has 0 spiro atoms. The van der Waals surface area contributed by atoms with E-state index in [1.54, 1.807) is 11.7 Å². The number of benzene rings is 1. The first-order chi connectivity index (χ1) is 9.20. The highest BCUT2D eigenvalue weighted by atomic mass is 32.1. The van der Waals surface area contributed by atoms with E-state index < -0.39 is 11.6 Å². The van der Waals surface area contributed by atoms with Crippen molar-refractivity contribution in [1.82, 2.24) is 10.3 Å². The van der Waals surface area contributed by atoms with Crippen molar-refractivity contribution >= 4 is 11.3 Å². The van der Waals surface area contributed by atoms with Crippen molar-refractivity contribution in [3.05, 3.63) is 52.0 Å². The van der Waals surface area contributed by atoms with Crippen molar-refractivity contribution in [1.29, 1.82) is 0 Å².